The molecular formula is C11H10BFN2O2. The number of rotatable bonds is 1. The molecule has 2 heterocycles. The van der Waals surface area contributed by atoms with Crippen molar-refractivity contribution < 1.29 is 14.1 Å². The molecule has 1 aliphatic heterocycles. The number of benzene rings is 1. The van der Waals surface area contributed by atoms with Gasteiger partial charge in [-0.25, -0.2) is 4.39 Å². The minimum atomic E-state index is -0.961. The van der Waals surface area contributed by atoms with Crippen LogP contribution in [0.5, 0.6) is 0 Å². The molecule has 1 aromatic carbocycles. The zero-order valence-electron chi connectivity index (χ0n) is 9.22. The molecule has 4 nitrogen and oxygen atoms in total. The molecule has 0 saturated heterocycles. The summed E-state index contributed by atoms with van der Waals surface area (Å²) in [6, 6.07) is 4.76. The lowest BCUT2D eigenvalue weighted by molar-refractivity contribution is 0.275. The number of hydrogen-bond donors (Lipinski definition) is 1. The van der Waals surface area contributed by atoms with Crippen LogP contribution in [0.2, 0.25) is 0 Å². The maximum atomic E-state index is 13.9. The predicted molar refractivity (Wildman–Crippen MR) is 61.0 cm³/mol. The number of aromatic nitrogens is 2. The third-order valence-electron chi connectivity index (χ3n) is 2.99. The Balaban J connectivity index is 2.19. The molecule has 3 rings (SSSR count). The van der Waals surface area contributed by atoms with E-state index in [2.05, 4.69) is 5.10 Å². The highest BCUT2D eigenvalue weighted by atomic mass is 19.1. The molecule has 0 fully saturated rings. The van der Waals surface area contributed by atoms with E-state index in [0.29, 0.717) is 22.3 Å². The fourth-order valence-corrected chi connectivity index (χ4v) is 2.08. The smallest absolute Gasteiger partial charge is 0.423 e. The van der Waals surface area contributed by atoms with Gasteiger partial charge < -0.3 is 9.68 Å². The molecule has 1 aliphatic rings. The zero-order valence-corrected chi connectivity index (χ0v) is 9.22. The Hall–Kier alpha value is -1.66. The van der Waals surface area contributed by atoms with Gasteiger partial charge in [-0.3, -0.25) is 4.68 Å². The first-order chi connectivity index (χ1) is 8.16. The predicted octanol–water partition coefficient (Wildman–Crippen LogP) is 0.444. The average Bonchev–Trinajstić information content (AvgIpc) is 2.85. The van der Waals surface area contributed by atoms with Crippen LogP contribution in [-0.2, 0) is 18.3 Å². The lowest BCUT2D eigenvalue weighted by Crippen LogP contribution is -2.28. The van der Waals surface area contributed by atoms with Crippen LogP contribution >= 0.6 is 0 Å². The van der Waals surface area contributed by atoms with Gasteiger partial charge in [0.25, 0.3) is 0 Å². The van der Waals surface area contributed by atoms with Crippen molar-refractivity contribution in [1.82, 2.24) is 9.78 Å². The Morgan fingerprint density at radius 2 is 2.35 bits per heavy atom. The molecule has 2 aromatic rings. The fourth-order valence-electron chi connectivity index (χ4n) is 2.08. The Morgan fingerprint density at radius 3 is 3.06 bits per heavy atom. The lowest BCUT2D eigenvalue weighted by Gasteiger charge is -2.07. The van der Waals surface area contributed by atoms with E-state index in [0.717, 1.165) is 0 Å². The van der Waals surface area contributed by atoms with Crippen molar-refractivity contribution in [3.8, 4) is 11.3 Å². The number of fused-ring (bicyclic) bond motifs is 1. The number of hydrogen-bond acceptors (Lipinski definition) is 3. The minimum Gasteiger partial charge on any atom is -0.423 e. The van der Waals surface area contributed by atoms with E-state index in [1.165, 1.54) is 6.07 Å². The molecule has 86 valence electrons. The van der Waals surface area contributed by atoms with Crippen molar-refractivity contribution in [2.24, 2.45) is 7.05 Å². The third kappa shape index (κ3) is 1.57. The highest BCUT2D eigenvalue weighted by Gasteiger charge is 2.29. The van der Waals surface area contributed by atoms with Crippen LogP contribution in [0.1, 0.15) is 5.56 Å². The topological polar surface area (TPSA) is 47.3 Å². The van der Waals surface area contributed by atoms with Crippen LogP contribution in [0.3, 0.4) is 0 Å². The molecule has 1 N–H and O–H groups in total. The summed E-state index contributed by atoms with van der Waals surface area (Å²) in [5.41, 5.74) is 2.42. The molecule has 0 bridgehead atoms. The van der Waals surface area contributed by atoms with E-state index >= 15 is 0 Å². The molecule has 0 unspecified atom stereocenters. The van der Waals surface area contributed by atoms with Gasteiger partial charge in [-0.1, -0.05) is 0 Å². The van der Waals surface area contributed by atoms with Gasteiger partial charge in [-0.05, 0) is 29.2 Å². The highest BCUT2D eigenvalue weighted by Crippen LogP contribution is 2.24. The van der Waals surface area contributed by atoms with Gasteiger partial charge in [0.15, 0.2) is 0 Å². The molecule has 17 heavy (non-hydrogen) atoms. The van der Waals surface area contributed by atoms with E-state index in [1.807, 2.05) is 0 Å². The lowest BCUT2D eigenvalue weighted by atomic mass is 9.78. The molecule has 1 aromatic heterocycles. The Kier molecular flexibility index (Phi) is 2.27. The van der Waals surface area contributed by atoms with Crippen molar-refractivity contribution in [3.63, 3.8) is 0 Å². The maximum Gasteiger partial charge on any atom is 0.491 e. The van der Waals surface area contributed by atoms with Crippen molar-refractivity contribution >= 4 is 12.6 Å². The number of halogens is 1. The summed E-state index contributed by atoms with van der Waals surface area (Å²) in [5, 5.41) is 13.6. The van der Waals surface area contributed by atoms with Crippen LogP contribution in [0.25, 0.3) is 11.3 Å². The second-order valence-corrected chi connectivity index (χ2v) is 4.03. The number of aryl methyl sites for hydroxylation is 1. The van der Waals surface area contributed by atoms with Gasteiger partial charge >= 0.3 is 7.12 Å². The third-order valence-corrected chi connectivity index (χ3v) is 2.99. The van der Waals surface area contributed by atoms with Crippen LogP contribution in [0.15, 0.2) is 24.4 Å². The molecule has 0 radical (unpaired) electrons. The number of nitrogens with zero attached hydrogens (tertiary/aromatic N) is 2. The minimum absolute atomic E-state index is 0.249. The standard InChI is InChI=1S/C11H10BFN2O2/c1-15-11(2-3-14-15)8-5-9-7(4-10(8)13)6-17-12(9)16/h2-5,16H,6H2,1H3. The van der Waals surface area contributed by atoms with Crippen molar-refractivity contribution in [2.45, 2.75) is 6.61 Å². The molecular weight excluding hydrogens is 222 g/mol. The SMILES string of the molecule is Cn1nccc1-c1cc2c(cc1F)COB2O. The quantitative estimate of drug-likeness (QED) is 0.726. The van der Waals surface area contributed by atoms with Crippen LogP contribution in [0.4, 0.5) is 4.39 Å². The molecule has 0 saturated carbocycles. The molecule has 0 amide bonds. The molecule has 0 spiro atoms. The molecule has 6 heteroatoms. The second-order valence-electron chi connectivity index (χ2n) is 4.03. The monoisotopic (exact) mass is 232 g/mol. The molecule has 0 aliphatic carbocycles. The normalized spacial score (nSPS) is 14.2. The largest absolute Gasteiger partial charge is 0.491 e. The van der Waals surface area contributed by atoms with E-state index in [-0.39, 0.29) is 12.4 Å². The van der Waals surface area contributed by atoms with E-state index in [4.69, 9.17) is 4.65 Å². The first kappa shape index (κ1) is 10.5. The van der Waals surface area contributed by atoms with Crippen molar-refractivity contribution in [2.75, 3.05) is 0 Å². The van der Waals surface area contributed by atoms with Gasteiger partial charge in [0.2, 0.25) is 0 Å². The summed E-state index contributed by atoms with van der Waals surface area (Å²) >= 11 is 0. The molecule has 0 atom stereocenters. The maximum absolute atomic E-state index is 13.9. The van der Waals surface area contributed by atoms with Crippen LogP contribution < -0.4 is 5.46 Å². The zero-order chi connectivity index (χ0) is 12.0. The summed E-state index contributed by atoms with van der Waals surface area (Å²) in [4.78, 5) is 0. The van der Waals surface area contributed by atoms with Gasteiger partial charge in [0, 0.05) is 18.8 Å². The van der Waals surface area contributed by atoms with Gasteiger partial charge in [0.05, 0.1) is 12.3 Å². The average molecular weight is 232 g/mol. The van der Waals surface area contributed by atoms with E-state index < -0.39 is 7.12 Å². The van der Waals surface area contributed by atoms with Crippen molar-refractivity contribution in [1.29, 1.82) is 0 Å². The Bertz CT molecular complexity index is 585. The van der Waals surface area contributed by atoms with Crippen molar-refractivity contribution in [3.05, 3.63) is 35.8 Å². The summed E-state index contributed by atoms with van der Waals surface area (Å²) in [6.07, 6.45) is 1.61. The first-order valence-corrected chi connectivity index (χ1v) is 5.27. The van der Waals surface area contributed by atoms with E-state index in [9.17, 15) is 9.41 Å². The Morgan fingerprint density at radius 1 is 1.53 bits per heavy atom. The van der Waals surface area contributed by atoms with Gasteiger partial charge in [-0.15, -0.1) is 0 Å². The highest BCUT2D eigenvalue weighted by molar-refractivity contribution is 6.61. The van der Waals surface area contributed by atoms with Crippen LogP contribution in [-0.4, -0.2) is 21.9 Å². The van der Waals surface area contributed by atoms with Crippen LogP contribution in [0, 0.1) is 5.82 Å². The summed E-state index contributed by atoms with van der Waals surface area (Å²) < 4.78 is 20.6. The summed E-state index contributed by atoms with van der Waals surface area (Å²) in [7, 11) is 0.784. The van der Waals surface area contributed by atoms with E-state index in [1.54, 1.807) is 30.1 Å². The first-order valence-electron chi connectivity index (χ1n) is 5.27. The van der Waals surface area contributed by atoms with Gasteiger partial charge in [-0.2, -0.15) is 5.10 Å². The van der Waals surface area contributed by atoms with Gasteiger partial charge in [0.1, 0.15) is 5.82 Å². The fraction of sp³-hybridized carbons (Fsp3) is 0.182. The summed E-state index contributed by atoms with van der Waals surface area (Å²) in [6.45, 7) is 0.249. The Labute approximate surface area is 97.8 Å². The second kappa shape index (κ2) is 3.68. The summed E-state index contributed by atoms with van der Waals surface area (Å²) in [5.74, 6) is -0.329.